The monoisotopic (exact) mass is 196 g/mol. The third-order valence-corrected chi connectivity index (χ3v) is 1.44. The normalized spacial score (nSPS) is 9.29. The Hall–Kier alpha value is -1.88. The fraction of sp³-hybridized carbons (Fsp3) is 0.111. The third-order valence-electron chi connectivity index (χ3n) is 1.44. The molecule has 0 saturated heterocycles. The van der Waals surface area contributed by atoms with Crippen LogP contribution >= 0.6 is 0 Å². The Morgan fingerprint density at radius 3 is 2.50 bits per heavy atom. The Bertz CT molecular complexity index is 358. The molecular formula is C9H8O5. The van der Waals surface area contributed by atoms with Gasteiger partial charge in [-0.3, -0.25) is 9.68 Å². The molecular weight excluding hydrogens is 188 g/mol. The van der Waals surface area contributed by atoms with Gasteiger partial charge in [-0.05, 0) is 12.1 Å². The van der Waals surface area contributed by atoms with Gasteiger partial charge in [0.2, 0.25) is 0 Å². The number of benzene rings is 1. The second-order valence-electron chi connectivity index (χ2n) is 2.47. The highest BCUT2D eigenvalue weighted by Gasteiger charge is 2.14. The smallest absolute Gasteiger partial charge is 0.376 e. The van der Waals surface area contributed by atoms with Crippen molar-refractivity contribution in [2.24, 2.45) is 0 Å². The summed E-state index contributed by atoms with van der Waals surface area (Å²) in [5, 5.41) is 8.16. The van der Waals surface area contributed by atoms with Gasteiger partial charge in [0.15, 0.2) is 0 Å². The van der Waals surface area contributed by atoms with Crippen molar-refractivity contribution in [2.75, 3.05) is 0 Å². The van der Waals surface area contributed by atoms with Gasteiger partial charge in [0.1, 0.15) is 11.3 Å². The number of ether oxygens (including phenoxy) is 1. The van der Waals surface area contributed by atoms with Crippen molar-refractivity contribution in [3.63, 3.8) is 0 Å². The molecule has 1 aromatic rings. The lowest BCUT2D eigenvalue weighted by Crippen LogP contribution is -2.08. The molecule has 0 spiro atoms. The Morgan fingerprint density at radius 1 is 1.29 bits per heavy atom. The lowest BCUT2D eigenvalue weighted by molar-refractivity contribution is -0.183. The van der Waals surface area contributed by atoms with Crippen LogP contribution in [0, 0.1) is 0 Å². The predicted octanol–water partition coefficient (Wildman–Crippen LogP) is 1.24. The van der Waals surface area contributed by atoms with Crippen LogP contribution in [0.15, 0.2) is 24.3 Å². The Kier molecular flexibility index (Phi) is 3.19. The number of para-hydroxylation sites is 1. The maximum absolute atomic E-state index is 11.0. The van der Waals surface area contributed by atoms with Crippen LogP contribution in [0.1, 0.15) is 17.3 Å². The standard InChI is InChI=1S/C9H8O5/c1-6(10)13-8-5-3-2-4-7(8)9(11)14-12/h2-5,12H,1H3. The zero-order chi connectivity index (χ0) is 10.6. The van der Waals surface area contributed by atoms with Crippen LogP contribution in [0.5, 0.6) is 5.75 Å². The van der Waals surface area contributed by atoms with E-state index in [1.807, 2.05) is 0 Å². The van der Waals surface area contributed by atoms with E-state index in [2.05, 4.69) is 4.89 Å². The summed E-state index contributed by atoms with van der Waals surface area (Å²) in [6.45, 7) is 1.21. The van der Waals surface area contributed by atoms with E-state index < -0.39 is 11.9 Å². The summed E-state index contributed by atoms with van der Waals surface area (Å²) in [4.78, 5) is 25.1. The maximum Gasteiger partial charge on any atom is 0.376 e. The molecule has 5 heteroatoms. The topological polar surface area (TPSA) is 72.8 Å². The SMILES string of the molecule is CC(=O)Oc1ccccc1C(=O)OO. The molecule has 0 aliphatic rings. The summed E-state index contributed by atoms with van der Waals surface area (Å²) in [7, 11) is 0. The summed E-state index contributed by atoms with van der Waals surface area (Å²) in [6, 6.07) is 5.94. The highest BCUT2D eigenvalue weighted by atomic mass is 17.1. The molecule has 1 rings (SSSR count). The van der Waals surface area contributed by atoms with E-state index in [0.29, 0.717) is 0 Å². The molecule has 0 radical (unpaired) electrons. The zero-order valence-electron chi connectivity index (χ0n) is 7.39. The van der Waals surface area contributed by atoms with E-state index in [1.54, 1.807) is 12.1 Å². The minimum atomic E-state index is -0.971. The van der Waals surface area contributed by atoms with Gasteiger partial charge in [0, 0.05) is 6.92 Å². The first-order chi connectivity index (χ1) is 6.65. The molecule has 5 nitrogen and oxygen atoms in total. The summed E-state index contributed by atoms with van der Waals surface area (Å²) in [5.74, 6) is -1.47. The van der Waals surface area contributed by atoms with Gasteiger partial charge in [-0.15, -0.1) is 0 Å². The van der Waals surface area contributed by atoms with Crippen LogP contribution in [0.25, 0.3) is 0 Å². The first kappa shape index (κ1) is 10.2. The van der Waals surface area contributed by atoms with E-state index in [9.17, 15) is 9.59 Å². The zero-order valence-corrected chi connectivity index (χ0v) is 7.39. The molecule has 0 aromatic heterocycles. The van der Waals surface area contributed by atoms with Crippen LogP contribution in [-0.4, -0.2) is 17.2 Å². The second-order valence-corrected chi connectivity index (χ2v) is 2.47. The largest absolute Gasteiger partial charge is 0.426 e. The van der Waals surface area contributed by atoms with Gasteiger partial charge < -0.3 is 4.74 Å². The van der Waals surface area contributed by atoms with Crippen LogP contribution in [-0.2, 0) is 9.68 Å². The average Bonchev–Trinajstić information content (AvgIpc) is 2.16. The molecule has 74 valence electrons. The van der Waals surface area contributed by atoms with Gasteiger partial charge in [-0.25, -0.2) is 4.79 Å². The van der Waals surface area contributed by atoms with Crippen LogP contribution in [0.4, 0.5) is 0 Å². The fourth-order valence-corrected chi connectivity index (χ4v) is 0.928. The number of carbonyl (C=O) groups is 2. The van der Waals surface area contributed by atoms with E-state index in [0.717, 1.165) is 0 Å². The summed E-state index contributed by atoms with van der Waals surface area (Å²) < 4.78 is 4.72. The van der Waals surface area contributed by atoms with Crippen molar-refractivity contribution < 1.29 is 24.5 Å². The van der Waals surface area contributed by atoms with E-state index in [-0.39, 0.29) is 11.3 Å². The summed E-state index contributed by atoms with van der Waals surface area (Å²) in [5.41, 5.74) is -0.00907. The van der Waals surface area contributed by atoms with Crippen LogP contribution < -0.4 is 4.74 Å². The predicted molar refractivity (Wildman–Crippen MR) is 45.8 cm³/mol. The molecule has 0 heterocycles. The Labute approximate surface area is 79.8 Å². The van der Waals surface area contributed by atoms with E-state index in [1.165, 1.54) is 19.1 Å². The Balaban J connectivity index is 3.02. The molecule has 0 aliphatic carbocycles. The molecule has 0 amide bonds. The van der Waals surface area contributed by atoms with E-state index >= 15 is 0 Å². The van der Waals surface area contributed by atoms with Crippen molar-refractivity contribution in [2.45, 2.75) is 6.92 Å². The van der Waals surface area contributed by atoms with Gasteiger partial charge in [-0.2, -0.15) is 5.26 Å². The summed E-state index contributed by atoms with van der Waals surface area (Å²) in [6.07, 6.45) is 0. The number of hydrogen-bond acceptors (Lipinski definition) is 5. The number of rotatable bonds is 2. The minimum Gasteiger partial charge on any atom is -0.426 e. The van der Waals surface area contributed by atoms with Crippen LogP contribution in [0.2, 0.25) is 0 Å². The molecule has 0 bridgehead atoms. The highest BCUT2D eigenvalue weighted by Crippen LogP contribution is 2.18. The highest BCUT2D eigenvalue weighted by molar-refractivity contribution is 5.92. The van der Waals surface area contributed by atoms with Crippen molar-refractivity contribution in [1.82, 2.24) is 0 Å². The first-order valence-corrected chi connectivity index (χ1v) is 3.78. The van der Waals surface area contributed by atoms with Crippen molar-refractivity contribution >= 4 is 11.9 Å². The van der Waals surface area contributed by atoms with Gasteiger partial charge >= 0.3 is 11.9 Å². The number of carbonyl (C=O) groups excluding carboxylic acids is 2. The maximum atomic E-state index is 11.0. The molecule has 0 aliphatic heterocycles. The van der Waals surface area contributed by atoms with Gasteiger partial charge in [0.25, 0.3) is 0 Å². The second kappa shape index (κ2) is 4.38. The van der Waals surface area contributed by atoms with Crippen molar-refractivity contribution in [1.29, 1.82) is 0 Å². The van der Waals surface area contributed by atoms with Crippen molar-refractivity contribution in [3.8, 4) is 5.75 Å². The molecule has 0 atom stereocenters. The average molecular weight is 196 g/mol. The lowest BCUT2D eigenvalue weighted by Gasteiger charge is -2.04. The molecule has 1 aromatic carbocycles. The fourth-order valence-electron chi connectivity index (χ4n) is 0.928. The molecule has 1 N–H and O–H groups in total. The molecule has 0 fully saturated rings. The Morgan fingerprint density at radius 2 is 1.93 bits per heavy atom. The first-order valence-electron chi connectivity index (χ1n) is 3.78. The quantitative estimate of drug-likeness (QED) is 0.333. The van der Waals surface area contributed by atoms with Crippen molar-refractivity contribution in [3.05, 3.63) is 29.8 Å². The van der Waals surface area contributed by atoms with Crippen LogP contribution in [0.3, 0.4) is 0 Å². The molecule has 14 heavy (non-hydrogen) atoms. The minimum absolute atomic E-state index is 0.00907. The third kappa shape index (κ3) is 2.30. The number of hydrogen-bond donors (Lipinski definition) is 1. The summed E-state index contributed by atoms with van der Waals surface area (Å²) >= 11 is 0. The van der Waals surface area contributed by atoms with Gasteiger partial charge in [-0.1, -0.05) is 12.1 Å². The number of esters is 1. The van der Waals surface area contributed by atoms with Gasteiger partial charge in [0.05, 0.1) is 0 Å². The van der Waals surface area contributed by atoms with E-state index in [4.69, 9.17) is 9.99 Å². The molecule has 0 unspecified atom stereocenters. The lowest BCUT2D eigenvalue weighted by atomic mass is 10.2. The molecule has 0 saturated carbocycles.